The summed E-state index contributed by atoms with van der Waals surface area (Å²) in [6.07, 6.45) is 3.42. The fourth-order valence-corrected chi connectivity index (χ4v) is 3.31. The van der Waals surface area contributed by atoms with Crippen LogP contribution in [0.15, 0.2) is 0 Å². The van der Waals surface area contributed by atoms with Crippen LogP contribution in [-0.4, -0.2) is 46.2 Å². The van der Waals surface area contributed by atoms with Gasteiger partial charge in [0.2, 0.25) is 0 Å². The van der Waals surface area contributed by atoms with Crippen LogP contribution in [0.4, 0.5) is 0 Å². The number of ether oxygens (including phenoxy) is 1. The van der Waals surface area contributed by atoms with Crippen molar-refractivity contribution in [1.29, 1.82) is 0 Å². The third-order valence-corrected chi connectivity index (χ3v) is 4.10. The van der Waals surface area contributed by atoms with E-state index in [1.807, 2.05) is 0 Å². The number of aliphatic hydroxyl groups excluding tert-OH is 1. The van der Waals surface area contributed by atoms with Gasteiger partial charge in [0.25, 0.3) is 0 Å². The van der Waals surface area contributed by atoms with E-state index in [1.165, 1.54) is 0 Å². The molecule has 1 fully saturated rings. The van der Waals surface area contributed by atoms with Gasteiger partial charge in [0.05, 0.1) is 18.3 Å². The average molecular weight is 301 g/mol. The largest absolute Gasteiger partial charge is 0.393 e. The topological polar surface area (TPSA) is 41.9 Å². The highest BCUT2D eigenvalue weighted by molar-refractivity contribution is 4.96. The maximum Gasteiger partial charge on any atom is 0.0970 e. The molecule has 0 atom stereocenters. The van der Waals surface area contributed by atoms with E-state index in [2.05, 4.69) is 53.5 Å². The Labute approximate surface area is 130 Å². The summed E-state index contributed by atoms with van der Waals surface area (Å²) in [5, 5.41) is 12.1. The van der Waals surface area contributed by atoms with Crippen molar-refractivity contribution in [3.63, 3.8) is 0 Å². The van der Waals surface area contributed by atoms with Crippen LogP contribution in [-0.2, 0) is 9.57 Å². The Morgan fingerprint density at radius 1 is 1.14 bits per heavy atom. The second-order valence-corrected chi connectivity index (χ2v) is 8.22. The summed E-state index contributed by atoms with van der Waals surface area (Å²) >= 11 is 0. The molecule has 0 radical (unpaired) electrons. The van der Waals surface area contributed by atoms with Crippen LogP contribution in [0, 0.1) is 0 Å². The molecule has 4 nitrogen and oxygen atoms in total. The fourth-order valence-electron chi connectivity index (χ4n) is 3.31. The summed E-state index contributed by atoms with van der Waals surface area (Å²) in [6.45, 7) is 16.1. The quantitative estimate of drug-likeness (QED) is 0.731. The lowest BCUT2D eigenvalue weighted by atomic mass is 9.80. The first-order valence-electron chi connectivity index (χ1n) is 8.25. The Morgan fingerprint density at radius 2 is 1.67 bits per heavy atom. The third-order valence-electron chi connectivity index (χ3n) is 4.10. The number of unbranched alkanes of at least 4 members (excludes halogenated alkanes) is 1. The molecule has 0 spiro atoms. The molecule has 0 aliphatic carbocycles. The molecule has 1 saturated heterocycles. The van der Waals surface area contributed by atoms with Crippen LogP contribution < -0.4 is 0 Å². The highest BCUT2D eigenvalue weighted by atomic mass is 16.7. The number of hydrogen-bond donors (Lipinski definition) is 1. The number of aliphatic hydroxyl groups is 1. The number of hydrogen-bond acceptors (Lipinski definition) is 4. The number of rotatable bonds is 7. The molecule has 0 aromatic carbocycles. The fraction of sp³-hybridized carbons (Fsp3) is 1.00. The number of piperidine rings is 1. The van der Waals surface area contributed by atoms with E-state index in [9.17, 15) is 5.11 Å². The molecular formula is C17H35NO3. The van der Waals surface area contributed by atoms with Gasteiger partial charge in [-0.3, -0.25) is 4.84 Å². The number of nitrogens with zero attached hydrogens (tertiary/aromatic N) is 1. The summed E-state index contributed by atoms with van der Waals surface area (Å²) < 4.78 is 5.92. The molecule has 0 saturated carbocycles. The highest BCUT2D eigenvalue weighted by Gasteiger charge is 2.46. The van der Waals surface area contributed by atoms with E-state index in [0.29, 0.717) is 6.61 Å². The van der Waals surface area contributed by atoms with Gasteiger partial charge in [-0.1, -0.05) is 13.3 Å². The van der Waals surface area contributed by atoms with Crippen molar-refractivity contribution in [2.24, 2.45) is 0 Å². The van der Waals surface area contributed by atoms with Crippen LogP contribution in [0.25, 0.3) is 0 Å². The molecule has 1 rings (SSSR count). The first kappa shape index (κ1) is 18.9. The van der Waals surface area contributed by atoms with Gasteiger partial charge >= 0.3 is 0 Å². The molecule has 0 amide bonds. The molecule has 0 bridgehead atoms. The van der Waals surface area contributed by atoms with Crippen molar-refractivity contribution in [3.05, 3.63) is 0 Å². The smallest absolute Gasteiger partial charge is 0.0970 e. The Kier molecular flexibility index (Phi) is 6.25. The molecule has 1 heterocycles. The minimum Gasteiger partial charge on any atom is -0.393 e. The molecule has 1 aliphatic rings. The van der Waals surface area contributed by atoms with Crippen molar-refractivity contribution in [1.82, 2.24) is 5.06 Å². The van der Waals surface area contributed by atoms with Gasteiger partial charge in [-0.25, -0.2) is 0 Å². The lowest BCUT2D eigenvalue weighted by Crippen LogP contribution is -2.62. The SMILES string of the molecule is CCCCOC(C)(C)CON1C(C)(C)CC(O)CC1(C)C. The lowest BCUT2D eigenvalue weighted by molar-refractivity contribution is -0.308. The van der Waals surface area contributed by atoms with E-state index < -0.39 is 0 Å². The Balaban J connectivity index is 2.63. The molecule has 21 heavy (non-hydrogen) atoms. The second kappa shape index (κ2) is 6.95. The second-order valence-electron chi connectivity index (χ2n) is 8.22. The van der Waals surface area contributed by atoms with E-state index in [1.54, 1.807) is 0 Å². The summed E-state index contributed by atoms with van der Waals surface area (Å²) in [4.78, 5) is 6.15. The van der Waals surface area contributed by atoms with Gasteiger partial charge in [0.1, 0.15) is 0 Å². The summed E-state index contributed by atoms with van der Waals surface area (Å²) in [5.41, 5.74) is -0.654. The third kappa shape index (κ3) is 5.51. The molecule has 0 aromatic rings. The van der Waals surface area contributed by atoms with Crippen molar-refractivity contribution >= 4 is 0 Å². The normalized spacial score (nSPS) is 23.4. The standard InChI is InChI=1S/C17H35NO3/c1-8-9-10-20-17(6,7)13-21-18-15(2,3)11-14(19)12-16(18,4)5/h14,19H,8-13H2,1-7H3. The zero-order valence-corrected chi connectivity index (χ0v) is 15.0. The van der Waals surface area contributed by atoms with Crippen LogP contribution in [0.2, 0.25) is 0 Å². The summed E-state index contributed by atoms with van der Waals surface area (Å²) in [5.74, 6) is 0. The molecule has 1 aliphatic heterocycles. The minimum atomic E-state index is -0.294. The van der Waals surface area contributed by atoms with Crippen molar-refractivity contribution in [3.8, 4) is 0 Å². The Bertz CT molecular complexity index is 308. The van der Waals surface area contributed by atoms with Crippen LogP contribution in [0.3, 0.4) is 0 Å². The van der Waals surface area contributed by atoms with Gasteiger partial charge in [0, 0.05) is 17.7 Å². The maximum absolute atomic E-state index is 10.1. The van der Waals surface area contributed by atoms with Crippen molar-refractivity contribution in [2.75, 3.05) is 13.2 Å². The molecular weight excluding hydrogens is 266 g/mol. The van der Waals surface area contributed by atoms with E-state index in [-0.39, 0.29) is 22.8 Å². The maximum atomic E-state index is 10.1. The predicted molar refractivity (Wildman–Crippen MR) is 86.1 cm³/mol. The number of hydroxylamine groups is 2. The predicted octanol–water partition coefficient (Wildman–Crippen LogP) is 3.53. The first-order valence-corrected chi connectivity index (χ1v) is 8.25. The lowest BCUT2D eigenvalue weighted by Gasteiger charge is -2.53. The van der Waals surface area contributed by atoms with E-state index in [4.69, 9.17) is 9.57 Å². The van der Waals surface area contributed by atoms with Crippen LogP contribution >= 0.6 is 0 Å². The monoisotopic (exact) mass is 301 g/mol. The molecule has 4 heteroatoms. The van der Waals surface area contributed by atoms with E-state index in [0.717, 1.165) is 32.3 Å². The Morgan fingerprint density at radius 3 is 2.14 bits per heavy atom. The van der Waals surface area contributed by atoms with Gasteiger partial charge in [0.15, 0.2) is 0 Å². The van der Waals surface area contributed by atoms with Crippen molar-refractivity contribution in [2.45, 2.75) is 96.9 Å². The molecule has 0 aromatic heterocycles. The van der Waals surface area contributed by atoms with Gasteiger partial charge in [-0.05, 0) is 60.8 Å². The van der Waals surface area contributed by atoms with Gasteiger partial charge in [-0.2, -0.15) is 5.06 Å². The molecule has 1 N–H and O–H groups in total. The first-order chi connectivity index (χ1) is 9.50. The molecule has 0 unspecified atom stereocenters. The summed E-state index contributed by atoms with van der Waals surface area (Å²) in [6, 6.07) is 0. The molecule has 126 valence electrons. The average Bonchev–Trinajstić information content (AvgIpc) is 2.24. The van der Waals surface area contributed by atoms with Crippen molar-refractivity contribution < 1.29 is 14.7 Å². The zero-order valence-electron chi connectivity index (χ0n) is 15.0. The zero-order chi connectivity index (χ0) is 16.3. The Hall–Kier alpha value is -0.160. The minimum absolute atomic E-state index is 0.180. The van der Waals surface area contributed by atoms with Gasteiger partial charge < -0.3 is 9.84 Å². The van der Waals surface area contributed by atoms with E-state index >= 15 is 0 Å². The van der Waals surface area contributed by atoms with Gasteiger partial charge in [-0.15, -0.1) is 0 Å². The van der Waals surface area contributed by atoms with Crippen LogP contribution in [0.1, 0.15) is 74.1 Å². The van der Waals surface area contributed by atoms with Crippen LogP contribution in [0.5, 0.6) is 0 Å². The highest BCUT2D eigenvalue weighted by Crippen LogP contribution is 2.38. The summed E-state index contributed by atoms with van der Waals surface area (Å²) in [7, 11) is 0.